The number of nitrogens with zero attached hydrogens (tertiary/aromatic N) is 2. The van der Waals surface area contributed by atoms with E-state index < -0.39 is 6.04 Å². The van der Waals surface area contributed by atoms with E-state index in [1.165, 1.54) is 6.42 Å². The number of piperazine rings is 1. The molecule has 0 bridgehead atoms. The van der Waals surface area contributed by atoms with Crippen molar-refractivity contribution in [1.82, 2.24) is 20.4 Å². The first-order valence-corrected chi connectivity index (χ1v) is 16.4. The van der Waals surface area contributed by atoms with E-state index in [-0.39, 0.29) is 49.1 Å². The molecular formula is C33H45Cl2N5O5. The summed E-state index contributed by atoms with van der Waals surface area (Å²) in [7, 11) is 3.16. The fourth-order valence-electron chi connectivity index (χ4n) is 6.44. The van der Waals surface area contributed by atoms with Gasteiger partial charge in [-0.15, -0.1) is 0 Å². The van der Waals surface area contributed by atoms with Crippen LogP contribution in [0.15, 0.2) is 36.4 Å². The van der Waals surface area contributed by atoms with E-state index in [0.717, 1.165) is 36.8 Å². The fourth-order valence-corrected chi connectivity index (χ4v) is 6.93. The van der Waals surface area contributed by atoms with Gasteiger partial charge in [0.05, 0.1) is 20.6 Å². The van der Waals surface area contributed by atoms with Gasteiger partial charge in [0.1, 0.15) is 6.04 Å². The molecule has 0 unspecified atom stereocenters. The van der Waals surface area contributed by atoms with Crippen LogP contribution >= 0.6 is 23.2 Å². The predicted octanol–water partition coefficient (Wildman–Crippen LogP) is 3.59. The van der Waals surface area contributed by atoms with Gasteiger partial charge in [0.2, 0.25) is 17.7 Å². The summed E-state index contributed by atoms with van der Waals surface area (Å²) in [6, 6.07) is 9.89. The number of carbonyl (C=O) groups excluding carboxylic acids is 3. The number of benzene rings is 2. The van der Waals surface area contributed by atoms with E-state index in [1.807, 2.05) is 23.1 Å². The largest absolute Gasteiger partial charge is 0.493 e. The number of hydrogen-bond acceptors (Lipinski definition) is 7. The number of nitrogens with two attached hydrogens (primary N) is 1. The van der Waals surface area contributed by atoms with Gasteiger partial charge < -0.3 is 30.7 Å². The van der Waals surface area contributed by atoms with Crippen LogP contribution in [0.2, 0.25) is 10.0 Å². The summed E-state index contributed by atoms with van der Waals surface area (Å²) < 4.78 is 10.7. The molecule has 2 aromatic carbocycles. The Morgan fingerprint density at radius 1 is 0.933 bits per heavy atom. The second kappa shape index (κ2) is 16.5. The zero-order valence-electron chi connectivity index (χ0n) is 26.2. The maximum Gasteiger partial charge on any atom is 0.245 e. The third-order valence-electron chi connectivity index (χ3n) is 8.92. The average molecular weight is 663 g/mol. The number of nitrogens with one attached hydrogen (secondary N) is 2. The highest BCUT2D eigenvalue weighted by Crippen LogP contribution is 2.34. The molecule has 2 aliphatic rings. The Morgan fingerprint density at radius 2 is 1.64 bits per heavy atom. The molecule has 1 atom stereocenters. The Balaban J connectivity index is 1.39. The lowest BCUT2D eigenvalue weighted by Gasteiger charge is -2.50. The Hall–Kier alpha value is -3.05. The minimum absolute atomic E-state index is 0.0436. The highest BCUT2D eigenvalue weighted by Gasteiger charge is 2.40. The lowest BCUT2D eigenvalue weighted by atomic mass is 9.79. The van der Waals surface area contributed by atoms with Gasteiger partial charge >= 0.3 is 0 Å². The molecule has 1 aliphatic carbocycles. The van der Waals surface area contributed by atoms with Crippen molar-refractivity contribution in [3.63, 3.8) is 0 Å². The highest BCUT2D eigenvalue weighted by atomic mass is 35.5. The van der Waals surface area contributed by atoms with Crippen LogP contribution in [0.5, 0.6) is 11.5 Å². The molecule has 0 radical (unpaired) electrons. The number of hydrogen-bond donors (Lipinski definition) is 3. The highest BCUT2D eigenvalue weighted by molar-refractivity contribution is 6.35. The van der Waals surface area contributed by atoms with Crippen molar-refractivity contribution in [3.05, 3.63) is 57.6 Å². The van der Waals surface area contributed by atoms with Crippen LogP contribution in [0.3, 0.4) is 0 Å². The molecule has 3 amide bonds. The molecule has 12 heteroatoms. The number of ether oxygens (including phenoxy) is 2. The maximum atomic E-state index is 13.8. The Kier molecular flexibility index (Phi) is 12.8. The maximum absolute atomic E-state index is 13.8. The SMILES string of the molecule is COc1ccc(CC(=O)NCC2(N3CCN(C(=O)[C@@H](Cc4ccc(Cl)cc4Cl)NC(=O)CCN)CC3)CCCCC2)cc1OC. The molecule has 4 rings (SSSR count). The third kappa shape index (κ3) is 9.25. The predicted molar refractivity (Wildman–Crippen MR) is 176 cm³/mol. The summed E-state index contributed by atoms with van der Waals surface area (Å²) in [5.41, 5.74) is 7.01. The van der Waals surface area contributed by atoms with Crippen LogP contribution in [0.4, 0.5) is 0 Å². The van der Waals surface area contributed by atoms with Gasteiger partial charge in [0.15, 0.2) is 11.5 Å². The lowest BCUT2D eigenvalue weighted by Crippen LogP contribution is -2.63. The molecule has 246 valence electrons. The number of methoxy groups -OCH3 is 2. The van der Waals surface area contributed by atoms with Crippen LogP contribution in [-0.4, -0.2) is 92.6 Å². The van der Waals surface area contributed by atoms with Gasteiger partial charge in [-0.2, -0.15) is 0 Å². The summed E-state index contributed by atoms with van der Waals surface area (Å²) in [5, 5.41) is 7.04. The van der Waals surface area contributed by atoms with Gasteiger partial charge in [-0.3, -0.25) is 19.3 Å². The average Bonchev–Trinajstić information content (AvgIpc) is 3.05. The topological polar surface area (TPSA) is 126 Å². The van der Waals surface area contributed by atoms with Crippen molar-refractivity contribution in [2.75, 3.05) is 53.5 Å². The van der Waals surface area contributed by atoms with Crippen molar-refractivity contribution in [3.8, 4) is 11.5 Å². The molecule has 1 saturated carbocycles. The minimum Gasteiger partial charge on any atom is -0.493 e. The van der Waals surface area contributed by atoms with Crippen LogP contribution in [0, 0.1) is 0 Å². The van der Waals surface area contributed by atoms with Gasteiger partial charge in [-0.1, -0.05) is 54.6 Å². The fraction of sp³-hybridized carbons (Fsp3) is 0.545. The first-order valence-electron chi connectivity index (χ1n) is 15.6. The molecule has 1 saturated heterocycles. The molecule has 0 aromatic heterocycles. The van der Waals surface area contributed by atoms with Crippen molar-refractivity contribution >= 4 is 40.9 Å². The molecule has 1 aliphatic heterocycles. The van der Waals surface area contributed by atoms with Crippen LogP contribution in [0.1, 0.15) is 49.7 Å². The zero-order chi connectivity index (χ0) is 32.4. The van der Waals surface area contributed by atoms with Gasteiger partial charge in [-0.05, 0) is 48.2 Å². The normalized spacial score (nSPS) is 17.3. The zero-order valence-corrected chi connectivity index (χ0v) is 27.7. The second-order valence-electron chi connectivity index (χ2n) is 11.8. The Bertz CT molecular complexity index is 1330. The van der Waals surface area contributed by atoms with Crippen molar-refractivity contribution in [2.24, 2.45) is 5.73 Å². The van der Waals surface area contributed by atoms with Gasteiger partial charge in [0, 0.05) is 67.7 Å². The Morgan fingerprint density at radius 3 is 2.29 bits per heavy atom. The second-order valence-corrected chi connectivity index (χ2v) is 12.7. The van der Waals surface area contributed by atoms with E-state index in [9.17, 15) is 14.4 Å². The van der Waals surface area contributed by atoms with E-state index in [0.29, 0.717) is 54.3 Å². The summed E-state index contributed by atoms with van der Waals surface area (Å²) in [5.74, 6) is 0.754. The molecule has 10 nitrogen and oxygen atoms in total. The third-order valence-corrected chi connectivity index (χ3v) is 9.50. The number of amides is 3. The molecule has 4 N–H and O–H groups in total. The smallest absolute Gasteiger partial charge is 0.245 e. The summed E-state index contributed by atoms with van der Waals surface area (Å²) in [6.45, 7) is 3.17. The van der Waals surface area contributed by atoms with Gasteiger partial charge in [-0.25, -0.2) is 0 Å². The van der Waals surface area contributed by atoms with Crippen LogP contribution in [-0.2, 0) is 27.2 Å². The van der Waals surface area contributed by atoms with Crippen molar-refractivity contribution in [2.45, 2.75) is 62.9 Å². The lowest BCUT2D eigenvalue weighted by molar-refractivity contribution is -0.139. The summed E-state index contributed by atoms with van der Waals surface area (Å²) >= 11 is 12.5. The van der Waals surface area contributed by atoms with Crippen LogP contribution < -0.4 is 25.8 Å². The van der Waals surface area contributed by atoms with Crippen LogP contribution in [0.25, 0.3) is 0 Å². The first kappa shape index (κ1) is 34.8. The summed E-state index contributed by atoms with van der Waals surface area (Å²) in [4.78, 5) is 43.6. The quantitative estimate of drug-likeness (QED) is 0.300. The molecular weight excluding hydrogens is 617 g/mol. The molecule has 45 heavy (non-hydrogen) atoms. The van der Waals surface area contributed by atoms with Crippen molar-refractivity contribution < 1.29 is 23.9 Å². The molecule has 2 aromatic rings. The van der Waals surface area contributed by atoms with E-state index in [1.54, 1.807) is 32.4 Å². The first-order chi connectivity index (χ1) is 21.7. The Labute approximate surface area is 275 Å². The van der Waals surface area contributed by atoms with Gasteiger partial charge in [0.25, 0.3) is 0 Å². The molecule has 1 heterocycles. The van der Waals surface area contributed by atoms with Crippen molar-refractivity contribution in [1.29, 1.82) is 0 Å². The minimum atomic E-state index is -0.770. The number of halogens is 2. The number of rotatable bonds is 13. The van der Waals surface area contributed by atoms with E-state index in [4.69, 9.17) is 38.4 Å². The molecule has 2 fully saturated rings. The molecule has 0 spiro atoms. The number of carbonyl (C=O) groups is 3. The monoisotopic (exact) mass is 661 g/mol. The standard InChI is InChI=1S/C33H45Cl2N5O5/c1-44-28-9-6-23(18-29(28)45-2)19-31(42)37-22-33(11-4-3-5-12-33)40-16-14-39(15-17-40)32(43)27(38-30(41)10-13-36)20-24-7-8-25(34)21-26(24)35/h6-9,18,21,27H,3-5,10-17,19-20,22,36H2,1-2H3,(H,37,42)(H,38,41)/t27-/m1/s1. The summed E-state index contributed by atoms with van der Waals surface area (Å²) in [6.07, 6.45) is 5.98. The van der Waals surface area contributed by atoms with E-state index in [2.05, 4.69) is 15.5 Å². The van der Waals surface area contributed by atoms with E-state index >= 15 is 0 Å².